The molecule has 0 saturated carbocycles. The quantitative estimate of drug-likeness (QED) is 0.599. The Balaban J connectivity index is 2.07. The van der Waals surface area contributed by atoms with Crippen molar-refractivity contribution in [3.8, 4) is 0 Å². The van der Waals surface area contributed by atoms with E-state index < -0.39 is 0 Å². The first kappa shape index (κ1) is 11.4. The molecular formula is C13H13NO3. The molecule has 4 heteroatoms. The van der Waals surface area contributed by atoms with Crippen molar-refractivity contribution >= 4 is 23.1 Å². The van der Waals surface area contributed by atoms with Gasteiger partial charge in [-0.1, -0.05) is 19.1 Å². The molecule has 0 aliphatic rings. The van der Waals surface area contributed by atoms with Gasteiger partial charge in [0.15, 0.2) is 5.58 Å². The second kappa shape index (κ2) is 5.30. The number of ether oxygens (including phenoxy) is 1. The molecule has 1 aromatic heterocycles. The summed E-state index contributed by atoms with van der Waals surface area (Å²) in [5.41, 5.74) is 1.48. The van der Waals surface area contributed by atoms with Crippen molar-refractivity contribution in [2.24, 2.45) is 0 Å². The molecule has 17 heavy (non-hydrogen) atoms. The Hall–Kier alpha value is -2.10. The molecule has 0 amide bonds. The fourth-order valence-electron chi connectivity index (χ4n) is 1.35. The van der Waals surface area contributed by atoms with Crippen LogP contribution in [-0.2, 0) is 9.53 Å². The maximum atomic E-state index is 11.2. The molecule has 0 N–H and O–H groups in total. The van der Waals surface area contributed by atoms with Gasteiger partial charge in [0.2, 0.25) is 5.89 Å². The van der Waals surface area contributed by atoms with Crippen molar-refractivity contribution in [1.29, 1.82) is 0 Å². The first-order valence-electron chi connectivity index (χ1n) is 5.50. The second-order valence-corrected chi connectivity index (χ2v) is 3.52. The van der Waals surface area contributed by atoms with Crippen LogP contribution in [0.3, 0.4) is 0 Å². The number of carbonyl (C=O) groups excluding carboxylic acids is 1. The maximum Gasteiger partial charge on any atom is 0.330 e. The maximum absolute atomic E-state index is 11.2. The fourth-order valence-corrected chi connectivity index (χ4v) is 1.35. The Kier molecular flexibility index (Phi) is 3.55. The average molecular weight is 231 g/mol. The van der Waals surface area contributed by atoms with Crippen LogP contribution in [0.5, 0.6) is 0 Å². The van der Waals surface area contributed by atoms with Crippen molar-refractivity contribution in [2.45, 2.75) is 13.3 Å². The smallest absolute Gasteiger partial charge is 0.330 e. The zero-order valence-corrected chi connectivity index (χ0v) is 9.55. The predicted molar refractivity (Wildman–Crippen MR) is 64.3 cm³/mol. The third-order valence-electron chi connectivity index (χ3n) is 2.12. The topological polar surface area (TPSA) is 52.3 Å². The molecule has 0 bridgehead atoms. The van der Waals surface area contributed by atoms with Gasteiger partial charge in [-0.05, 0) is 18.6 Å². The molecule has 0 atom stereocenters. The zero-order valence-electron chi connectivity index (χ0n) is 9.55. The first-order valence-corrected chi connectivity index (χ1v) is 5.50. The number of nitrogens with zero attached hydrogens (tertiary/aromatic N) is 1. The minimum Gasteiger partial charge on any atom is -0.463 e. The van der Waals surface area contributed by atoms with Gasteiger partial charge in [0.1, 0.15) is 5.52 Å². The summed E-state index contributed by atoms with van der Waals surface area (Å²) in [7, 11) is 0. The second-order valence-electron chi connectivity index (χ2n) is 3.52. The lowest BCUT2D eigenvalue weighted by molar-refractivity contribution is -0.137. The normalized spacial score (nSPS) is 11.1. The first-order chi connectivity index (χ1) is 8.29. The molecule has 1 aromatic carbocycles. The third kappa shape index (κ3) is 2.93. The number of rotatable bonds is 4. The van der Waals surface area contributed by atoms with E-state index in [1.165, 1.54) is 12.2 Å². The van der Waals surface area contributed by atoms with E-state index in [4.69, 9.17) is 9.15 Å². The van der Waals surface area contributed by atoms with Crippen LogP contribution in [-0.4, -0.2) is 17.6 Å². The number of hydrogen-bond donors (Lipinski definition) is 0. The summed E-state index contributed by atoms with van der Waals surface area (Å²) in [6, 6.07) is 7.44. The molecule has 0 fully saturated rings. The summed E-state index contributed by atoms with van der Waals surface area (Å²) in [5.74, 6) is 0.0220. The van der Waals surface area contributed by atoms with Crippen LogP contribution in [0.15, 0.2) is 34.8 Å². The van der Waals surface area contributed by atoms with Gasteiger partial charge in [0.05, 0.1) is 6.61 Å². The van der Waals surface area contributed by atoms with Crippen LogP contribution < -0.4 is 0 Å². The van der Waals surface area contributed by atoms with Crippen molar-refractivity contribution < 1.29 is 13.9 Å². The molecule has 4 nitrogen and oxygen atoms in total. The van der Waals surface area contributed by atoms with E-state index in [-0.39, 0.29) is 5.97 Å². The lowest BCUT2D eigenvalue weighted by Crippen LogP contribution is -2.00. The molecule has 2 aromatic rings. The van der Waals surface area contributed by atoms with Crippen LogP contribution >= 0.6 is 0 Å². The van der Waals surface area contributed by atoms with Gasteiger partial charge < -0.3 is 9.15 Å². The molecular weight excluding hydrogens is 218 g/mol. The summed E-state index contributed by atoms with van der Waals surface area (Å²) in [4.78, 5) is 15.4. The molecule has 2 rings (SSSR count). The number of carbonyl (C=O) groups is 1. The van der Waals surface area contributed by atoms with E-state index in [0.717, 1.165) is 11.9 Å². The van der Waals surface area contributed by atoms with Crippen molar-refractivity contribution in [2.75, 3.05) is 6.61 Å². The number of oxazole rings is 1. The lowest BCUT2D eigenvalue weighted by Gasteiger charge is -1.95. The highest BCUT2D eigenvalue weighted by atomic mass is 16.5. The van der Waals surface area contributed by atoms with Crippen molar-refractivity contribution in [3.63, 3.8) is 0 Å². The number of fused-ring (bicyclic) bond motifs is 1. The standard InChI is InChI=1S/C13H13NO3/c1-2-9-16-13(15)8-7-12-14-10-5-3-4-6-11(10)17-12/h3-8H,2,9H2,1H3. The molecule has 0 aliphatic carbocycles. The molecule has 0 aliphatic heterocycles. The van der Waals surface area contributed by atoms with Gasteiger partial charge in [-0.2, -0.15) is 0 Å². The lowest BCUT2D eigenvalue weighted by atomic mass is 10.3. The van der Waals surface area contributed by atoms with Gasteiger partial charge in [-0.25, -0.2) is 9.78 Å². The van der Waals surface area contributed by atoms with Crippen LogP contribution in [0.25, 0.3) is 17.2 Å². The molecule has 0 saturated heterocycles. The Bertz CT molecular complexity index is 509. The minimum absolute atomic E-state index is 0.380. The Morgan fingerprint density at radius 1 is 1.47 bits per heavy atom. The number of hydrogen-bond acceptors (Lipinski definition) is 4. The summed E-state index contributed by atoms with van der Waals surface area (Å²) in [6.07, 6.45) is 3.64. The highest BCUT2D eigenvalue weighted by molar-refractivity contribution is 5.86. The molecule has 88 valence electrons. The van der Waals surface area contributed by atoms with E-state index in [2.05, 4.69) is 4.98 Å². The van der Waals surface area contributed by atoms with Gasteiger partial charge >= 0.3 is 5.97 Å². The van der Waals surface area contributed by atoms with Crippen LogP contribution in [0.1, 0.15) is 19.2 Å². The zero-order chi connectivity index (χ0) is 12.1. The van der Waals surface area contributed by atoms with Gasteiger partial charge in [-0.15, -0.1) is 0 Å². The van der Waals surface area contributed by atoms with Gasteiger partial charge in [-0.3, -0.25) is 0 Å². The van der Waals surface area contributed by atoms with E-state index in [1.807, 2.05) is 31.2 Å². The Labute approximate surface area is 98.9 Å². The molecule has 0 unspecified atom stereocenters. The van der Waals surface area contributed by atoms with Gasteiger partial charge in [0, 0.05) is 12.2 Å². The van der Waals surface area contributed by atoms with Crippen LogP contribution in [0.4, 0.5) is 0 Å². The number of benzene rings is 1. The van der Waals surface area contributed by atoms with Crippen molar-refractivity contribution in [1.82, 2.24) is 4.98 Å². The summed E-state index contributed by atoms with van der Waals surface area (Å²) < 4.78 is 10.3. The summed E-state index contributed by atoms with van der Waals surface area (Å²) in [6.45, 7) is 2.37. The van der Waals surface area contributed by atoms with Crippen LogP contribution in [0.2, 0.25) is 0 Å². The monoisotopic (exact) mass is 231 g/mol. The highest BCUT2D eigenvalue weighted by Gasteiger charge is 2.02. The van der Waals surface area contributed by atoms with E-state index in [0.29, 0.717) is 18.1 Å². The molecule has 0 spiro atoms. The highest BCUT2D eigenvalue weighted by Crippen LogP contribution is 2.15. The molecule has 1 heterocycles. The largest absolute Gasteiger partial charge is 0.463 e. The minimum atomic E-state index is -0.380. The number of para-hydroxylation sites is 2. The number of esters is 1. The Morgan fingerprint density at radius 3 is 3.06 bits per heavy atom. The van der Waals surface area contributed by atoms with Gasteiger partial charge in [0.25, 0.3) is 0 Å². The van der Waals surface area contributed by atoms with Crippen LogP contribution in [0, 0.1) is 0 Å². The summed E-state index contributed by atoms with van der Waals surface area (Å²) in [5, 5.41) is 0. The van der Waals surface area contributed by atoms with E-state index >= 15 is 0 Å². The average Bonchev–Trinajstić information content (AvgIpc) is 2.76. The molecule has 0 radical (unpaired) electrons. The third-order valence-corrected chi connectivity index (χ3v) is 2.12. The predicted octanol–water partition coefficient (Wildman–Crippen LogP) is 2.79. The van der Waals surface area contributed by atoms with E-state index in [1.54, 1.807) is 0 Å². The Morgan fingerprint density at radius 2 is 2.29 bits per heavy atom. The van der Waals surface area contributed by atoms with Crippen molar-refractivity contribution in [3.05, 3.63) is 36.2 Å². The van der Waals surface area contributed by atoms with E-state index in [9.17, 15) is 4.79 Å². The SMILES string of the molecule is CCCOC(=O)C=Cc1nc2ccccc2o1. The summed E-state index contributed by atoms with van der Waals surface area (Å²) >= 11 is 0. The number of aromatic nitrogens is 1. The fraction of sp³-hybridized carbons (Fsp3) is 0.231.